The molecule has 0 aliphatic rings. The molecule has 2 rings (SSSR count). The number of hydrogen-bond acceptors (Lipinski definition) is 4. The maximum Gasteiger partial charge on any atom is 0.0837 e. The van der Waals surface area contributed by atoms with Crippen LogP contribution in [0.15, 0.2) is 24.7 Å². The number of aromatic nitrogens is 3. The van der Waals surface area contributed by atoms with E-state index in [1.54, 1.807) is 6.20 Å². The van der Waals surface area contributed by atoms with Crippen molar-refractivity contribution in [2.45, 2.75) is 19.5 Å². The number of halogens is 1. The van der Waals surface area contributed by atoms with Crippen molar-refractivity contribution >= 4 is 11.6 Å². The smallest absolute Gasteiger partial charge is 0.0837 e. The second-order valence-corrected chi connectivity index (χ2v) is 5.83. The van der Waals surface area contributed by atoms with Gasteiger partial charge in [-0.3, -0.25) is 9.67 Å². The maximum atomic E-state index is 6.37. The lowest BCUT2D eigenvalue weighted by atomic mass is 10.0. The molecule has 21 heavy (non-hydrogen) atoms. The molecule has 1 unspecified atom stereocenters. The molecule has 5 nitrogen and oxygen atoms in total. The Balaban J connectivity index is 2.35. The molecule has 2 aromatic rings. The molecular formula is C15H22ClN5. The molecule has 0 aromatic carbocycles. The molecule has 0 amide bonds. The van der Waals surface area contributed by atoms with Crippen LogP contribution in [0.1, 0.15) is 22.9 Å². The SMILES string of the molecule is CNC(c1cncc(C)c1)c1c(Cl)cnn1CCN(C)C. The van der Waals surface area contributed by atoms with Crippen molar-refractivity contribution in [3.8, 4) is 0 Å². The third kappa shape index (κ3) is 3.81. The lowest BCUT2D eigenvalue weighted by Gasteiger charge is -2.20. The largest absolute Gasteiger partial charge is 0.308 e. The number of nitrogens with zero attached hydrogens (tertiary/aromatic N) is 4. The Kier molecular flexibility index (Phi) is 5.33. The quantitative estimate of drug-likeness (QED) is 0.888. The van der Waals surface area contributed by atoms with E-state index in [4.69, 9.17) is 11.6 Å². The van der Waals surface area contributed by atoms with Gasteiger partial charge < -0.3 is 10.2 Å². The Morgan fingerprint density at radius 1 is 1.33 bits per heavy atom. The molecule has 0 aliphatic heterocycles. The fourth-order valence-electron chi connectivity index (χ4n) is 2.33. The van der Waals surface area contributed by atoms with Gasteiger partial charge in [-0.15, -0.1) is 0 Å². The van der Waals surface area contributed by atoms with E-state index >= 15 is 0 Å². The Labute approximate surface area is 130 Å². The summed E-state index contributed by atoms with van der Waals surface area (Å²) in [6.07, 6.45) is 5.43. The second kappa shape index (κ2) is 7.02. The van der Waals surface area contributed by atoms with E-state index in [1.807, 2.05) is 45.1 Å². The molecule has 0 saturated carbocycles. The van der Waals surface area contributed by atoms with Crippen molar-refractivity contribution < 1.29 is 0 Å². The molecule has 6 heteroatoms. The molecule has 0 fully saturated rings. The molecule has 0 bridgehead atoms. The maximum absolute atomic E-state index is 6.37. The zero-order valence-corrected chi connectivity index (χ0v) is 13.7. The highest BCUT2D eigenvalue weighted by atomic mass is 35.5. The molecule has 0 saturated heterocycles. The van der Waals surface area contributed by atoms with Gasteiger partial charge in [0, 0.05) is 18.9 Å². The summed E-state index contributed by atoms with van der Waals surface area (Å²) in [6, 6.07) is 2.10. The minimum Gasteiger partial charge on any atom is -0.308 e. The normalized spacial score (nSPS) is 12.9. The number of aryl methyl sites for hydroxylation is 1. The predicted molar refractivity (Wildman–Crippen MR) is 85.7 cm³/mol. The highest BCUT2D eigenvalue weighted by Gasteiger charge is 2.21. The van der Waals surface area contributed by atoms with Crippen molar-refractivity contribution in [1.29, 1.82) is 0 Å². The van der Waals surface area contributed by atoms with Gasteiger partial charge in [0.05, 0.1) is 29.5 Å². The number of hydrogen-bond donors (Lipinski definition) is 1. The van der Waals surface area contributed by atoms with E-state index in [1.165, 1.54) is 0 Å². The van der Waals surface area contributed by atoms with Crippen molar-refractivity contribution in [1.82, 2.24) is 25.0 Å². The van der Waals surface area contributed by atoms with E-state index in [0.29, 0.717) is 5.02 Å². The number of likely N-dealkylation sites (N-methyl/N-ethyl adjacent to an activating group) is 1. The summed E-state index contributed by atoms with van der Waals surface area (Å²) in [4.78, 5) is 6.40. The summed E-state index contributed by atoms with van der Waals surface area (Å²) in [5, 5.41) is 8.40. The first-order valence-corrected chi connectivity index (χ1v) is 7.35. The first-order valence-electron chi connectivity index (χ1n) is 6.97. The van der Waals surface area contributed by atoms with E-state index < -0.39 is 0 Å². The van der Waals surface area contributed by atoms with Crippen LogP contribution in [0.25, 0.3) is 0 Å². The number of rotatable bonds is 6. The average Bonchev–Trinajstić information content (AvgIpc) is 2.79. The Morgan fingerprint density at radius 3 is 2.71 bits per heavy atom. The van der Waals surface area contributed by atoms with Crippen LogP contribution >= 0.6 is 11.6 Å². The summed E-state index contributed by atoms with van der Waals surface area (Å²) >= 11 is 6.37. The van der Waals surface area contributed by atoms with Gasteiger partial charge in [-0.05, 0) is 39.2 Å². The monoisotopic (exact) mass is 307 g/mol. The number of pyridine rings is 1. The summed E-state index contributed by atoms with van der Waals surface area (Å²) in [5.74, 6) is 0. The second-order valence-electron chi connectivity index (χ2n) is 5.42. The lowest BCUT2D eigenvalue weighted by Crippen LogP contribution is -2.25. The van der Waals surface area contributed by atoms with Gasteiger partial charge in [0.2, 0.25) is 0 Å². The van der Waals surface area contributed by atoms with Crippen LogP contribution in [0.4, 0.5) is 0 Å². The van der Waals surface area contributed by atoms with Crippen LogP contribution in [0.5, 0.6) is 0 Å². The first-order chi connectivity index (χ1) is 10.0. The van der Waals surface area contributed by atoms with E-state index in [2.05, 4.69) is 26.4 Å². The van der Waals surface area contributed by atoms with Crippen LogP contribution in [0.2, 0.25) is 5.02 Å². The summed E-state index contributed by atoms with van der Waals surface area (Å²) < 4.78 is 1.96. The van der Waals surface area contributed by atoms with Crippen LogP contribution in [-0.2, 0) is 6.54 Å². The standard InChI is InChI=1S/C15H22ClN5/c1-11-7-12(9-18-8-11)14(17-2)15-13(16)10-19-21(15)6-5-20(3)4/h7-10,14,17H,5-6H2,1-4H3. The Morgan fingerprint density at radius 2 is 2.10 bits per heavy atom. The third-order valence-electron chi connectivity index (χ3n) is 3.38. The van der Waals surface area contributed by atoms with Gasteiger partial charge in [0.1, 0.15) is 0 Å². The van der Waals surface area contributed by atoms with Crippen LogP contribution in [0.3, 0.4) is 0 Å². The van der Waals surface area contributed by atoms with Gasteiger partial charge in [-0.1, -0.05) is 17.7 Å². The van der Waals surface area contributed by atoms with Crippen molar-refractivity contribution in [3.63, 3.8) is 0 Å². The fraction of sp³-hybridized carbons (Fsp3) is 0.467. The van der Waals surface area contributed by atoms with Crippen LogP contribution in [-0.4, -0.2) is 47.4 Å². The molecule has 0 aliphatic carbocycles. The summed E-state index contributed by atoms with van der Waals surface area (Å²) in [6.45, 7) is 3.74. The minimum atomic E-state index is -0.0189. The van der Waals surface area contributed by atoms with Gasteiger partial charge >= 0.3 is 0 Å². The molecule has 1 N–H and O–H groups in total. The number of nitrogens with one attached hydrogen (secondary N) is 1. The highest BCUT2D eigenvalue weighted by molar-refractivity contribution is 6.31. The Hall–Kier alpha value is -1.43. The zero-order chi connectivity index (χ0) is 15.4. The molecule has 2 aromatic heterocycles. The molecular weight excluding hydrogens is 286 g/mol. The highest BCUT2D eigenvalue weighted by Crippen LogP contribution is 2.28. The average molecular weight is 308 g/mol. The molecule has 1 atom stereocenters. The topological polar surface area (TPSA) is 46.0 Å². The minimum absolute atomic E-state index is 0.0189. The van der Waals surface area contributed by atoms with Crippen molar-refractivity contribution in [3.05, 3.63) is 46.5 Å². The zero-order valence-electron chi connectivity index (χ0n) is 13.0. The van der Waals surface area contributed by atoms with Gasteiger partial charge in [0.15, 0.2) is 0 Å². The van der Waals surface area contributed by atoms with E-state index in [9.17, 15) is 0 Å². The molecule has 2 heterocycles. The van der Waals surface area contributed by atoms with Gasteiger partial charge in [-0.25, -0.2) is 0 Å². The Bertz CT molecular complexity index is 593. The molecule has 0 spiro atoms. The van der Waals surface area contributed by atoms with Crippen LogP contribution in [0, 0.1) is 6.92 Å². The van der Waals surface area contributed by atoms with Gasteiger partial charge in [-0.2, -0.15) is 5.10 Å². The summed E-state index contributed by atoms with van der Waals surface area (Å²) in [5.41, 5.74) is 3.20. The first kappa shape index (κ1) is 15.9. The van der Waals surface area contributed by atoms with Gasteiger partial charge in [0.25, 0.3) is 0 Å². The fourth-order valence-corrected chi connectivity index (χ4v) is 2.58. The predicted octanol–water partition coefficient (Wildman–Crippen LogP) is 2.11. The van der Waals surface area contributed by atoms with E-state index in [-0.39, 0.29) is 6.04 Å². The molecule has 114 valence electrons. The lowest BCUT2D eigenvalue weighted by molar-refractivity contribution is 0.366. The van der Waals surface area contributed by atoms with Crippen molar-refractivity contribution in [2.24, 2.45) is 0 Å². The van der Waals surface area contributed by atoms with Crippen molar-refractivity contribution in [2.75, 3.05) is 27.7 Å². The molecule has 0 radical (unpaired) electrons. The van der Waals surface area contributed by atoms with E-state index in [0.717, 1.165) is 29.9 Å². The third-order valence-corrected chi connectivity index (χ3v) is 3.68. The summed E-state index contributed by atoms with van der Waals surface area (Å²) in [7, 11) is 6.02. The van der Waals surface area contributed by atoms with Crippen LogP contribution < -0.4 is 5.32 Å².